The highest BCUT2D eigenvalue weighted by Crippen LogP contribution is 2.28. The van der Waals surface area contributed by atoms with Gasteiger partial charge in [-0.2, -0.15) is 0 Å². The van der Waals surface area contributed by atoms with E-state index >= 15 is 0 Å². The molecule has 0 aromatic heterocycles. The molecule has 3 rings (SSSR count). The molecule has 25 heavy (non-hydrogen) atoms. The summed E-state index contributed by atoms with van der Waals surface area (Å²) in [5, 5.41) is 9.62. The number of rotatable bonds is 3. The van der Waals surface area contributed by atoms with E-state index in [0.29, 0.717) is 43.1 Å². The molecule has 0 radical (unpaired) electrons. The third kappa shape index (κ3) is 4.33. The van der Waals surface area contributed by atoms with Crippen LogP contribution in [0.25, 0.3) is 0 Å². The van der Waals surface area contributed by atoms with Crippen molar-refractivity contribution in [1.29, 1.82) is 0 Å². The van der Waals surface area contributed by atoms with Crippen LogP contribution < -0.4 is 0 Å². The predicted molar refractivity (Wildman–Crippen MR) is 96.5 cm³/mol. The van der Waals surface area contributed by atoms with Gasteiger partial charge in [-0.1, -0.05) is 12.8 Å². The molecule has 136 valence electrons. The lowest BCUT2D eigenvalue weighted by atomic mass is 10.0. The maximum absolute atomic E-state index is 12.7. The summed E-state index contributed by atoms with van der Waals surface area (Å²) in [6.45, 7) is 4.40. The molecule has 2 fully saturated rings. The SMILES string of the molecule is Cc1cc(C(=O)N2CCCN(C(=O)CC3CCCC3)CC2)ccc1O. The van der Waals surface area contributed by atoms with Crippen molar-refractivity contribution in [1.82, 2.24) is 9.80 Å². The summed E-state index contributed by atoms with van der Waals surface area (Å²) >= 11 is 0. The molecule has 1 saturated carbocycles. The topological polar surface area (TPSA) is 60.9 Å². The quantitative estimate of drug-likeness (QED) is 0.917. The van der Waals surface area contributed by atoms with Crippen LogP contribution in [-0.2, 0) is 4.79 Å². The van der Waals surface area contributed by atoms with E-state index < -0.39 is 0 Å². The van der Waals surface area contributed by atoms with Crippen molar-refractivity contribution in [2.24, 2.45) is 5.92 Å². The smallest absolute Gasteiger partial charge is 0.253 e. The molecule has 1 aromatic rings. The van der Waals surface area contributed by atoms with Crippen molar-refractivity contribution in [3.8, 4) is 5.75 Å². The first-order valence-corrected chi connectivity index (χ1v) is 9.41. The van der Waals surface area contributed by atoms with Crippen LogP contribution in [0.2, 0.25) is 0 Å². The molecule has 2 aliphatic rings. The lowest BCUT2D eigenvalue weighted by Gasteiger charge is -2.23. The van der Waals surface area contributed by atoms with E-state index in [1.807, 2.05) is 9.80 Å². The molecule has 1 aliphatic carbocycles. The molecule has 1 heterocycles. The first-order chi connectivity index (χ1) is 12.0. The minimum atomic E-state index is -0.0202. The van der Waals surface area contributed by atoms with E-state index in [1.165, 1.54) is 25.7 Å². The molecule has 1 aromatic carbocycles. The highest BCUT2D eigenvalue weighted by molar-refractivity contribution is 5.94. The van der Waals surface area contributed by atoms with Gasteiger partial charge in [0.25, 0.3) is 5.91 Å². The zero-order valence-electron chi connectivity index (χ0n) is 15.0. The molecule has 1 N–H and O–H groups in total. The number of hydrogen-bond acceptors (Lipinski definition) is 3. The maximum Gasteiger partial charge on any atom is 0.253 e. The van der Waals surface area contributed by atoms with Crippen molar-refractivity contribution in [2.45, 2.75) is 45.4 Å². The second-order valence-electron chi connectivity index (χ2n) is 7.38. The van der Waals surface area contributed by atoms with Crippen molar-refractivity contribution in [2.75, 3.05) is 26.2 Å². The van der Waals surface area contributed by atoms with Crippen LogP contribution in [0.3, 0.4) is 0 Å². The van der Waals surface area contributed by atoms with Crippen LogP contribution in [0.4, 0.5) is 0 Å². The molecule has 5 heteroatoms. The summed E-state index contributed by atoms with van der Waals surface area (Å²) < 4.78 is 0. The second-order valence-corrected chi connectivity index (χ2v) is 7.38. The predicted octanol–water partition coefficient (Wildman–Crippen LogP) is 2.96. The van der Waals surface area contributed by atoms with Gasteiger partial charge in [0, 0.05) is 38.2 Å². The first kappa shape index (κ1) is 17.8. The zero-order valence-corrected chi connectivity index (χ0v) is 15.0. The Kier molecular flexibility index (Phi) is 5.61. The summed E-state index contributed by atoms with van der Waals surface area (Å²) in [7, 11) is 0. The van der Waals surface area contributed by atoms with E-state index in [0.717, 1.165) is 13.0 Å². The highest BCUT2D eigenvalue weighted by Gasteiger charge is 2.25. The molecular weight excluding hydrogens is 316 g/mol. The van der Waals surface area contributed by atoms with Crippen LogP contribution >= 0.6 is 0 Å². The van der Waals surface area contributed by atoms with E-state index in [4.69, 9.17) is 0 Å². The fourth-order valence-corrected chi connectivity index (χ4v) is 3.93. The normalized spacial score (nSPS) is 19.1. The fourth-order valence-electron chi connectivity index (χ4n) is 3.93. The number of phenolic OH excluding ortho intramolecular Hbond substituents is 1. The standard InChI is InChI=1S/C20H28N2O3/c1-15-13-17(7-8-18(15)23)20(25)22-10-4-9-21(11-12-22)19(24)14-16-5-2-3-6-16/h7-8,13,16,23H,2-6,9-12,14H2,1H3. The van der Waals surface area contributed by atoms with E-state index in [-0.39, 0.29) is 17.6 Å². The van der Waals surface area contributed by atoms with Crippen molar-refractivity contribution >= 4 is 11.8 Å². The van der Waals surface area contributed by atoms with Gasteiger partial charge in [-0.15, -0.1) is 0 Å². The van der Waals surface area contributed by atoms with Gasteiger partial charge in [-0.3, -0.25) is 9.59 Å². The Morgan fingerprint density at radius 2 is 1.72 bits per heavy atom. The maximum atomic E-state index is 12.7. The Labute approximate surface area is 149 Å². The second kappa shape index (κ2) is 7.89. The monoisotopic (exact) mass is 344 g/mol. The van der Waals surface area contributed by atoms with Gasteiger partial charge in [-0.05, 0) is 55.9 Å². The molecule has 0 spiro atoms. The number of phenols is 1. The first-order valence-electron chi connectivity index (χ1n) is 9.41. The number of carbonyl (C=O) groups excluding carboxylic acids is 2. The average molecular weight is 344 g/mol. The number of aryl methyl sites for hydroxylation is 1. The van der Waals surface area contributed by atoms with Gasteiger partial charge in [0.1, 0.15) is 5.75 Å². The van der Waals surface area contributed by atoms with Crippen LogP contribution in [0, 0.1) is 12.8 Å². The van der Waals surface area contributed by atoms with E-state index in [2.05, 4.69) is 0 Å². The molecule has 1 saturated heterocycles. The number of nitrogens with zero attached hydrogens (tertiary/aromatic N) is 2. The minimum absolute atomic E-state index is 0.0202. The Balaban J connectivity index is 1.57. The van der Waals surface area contributed by atoms with E-state index in [9.17, 15) is 14.7 Å². The van der Waals surface area contributed by atoms with Crippen LogP contribution in [0.1, 0.15) is 54.4 Å². The molecule has 5 nitrogen and oxygen atoms in total. The van der Waals surface area contributed by atoms with Gasteiger partial charge in [-0.25, -0.2) is 0 Å². The Hall–Kier alpha value is -2.04. The zero-order chi connectivity index (χ0) is 17.8. The summed E-state index contributed by atoms with van der Waals surface area (Å²) in [4.78, 5) is 29.0. The molecular formula is C20H28N2O3. The Bertz CT molecular complexity index is 638. The molecule has 1 aliphatic heterocycles. The van der Waals surface area contributed by atoms with Crippen molar-refractivity contribution in [3.63, 3.8) is 0 Å². The summed E-state index contributed by atoms with van der Waals surface area (Å²) in [6, 6.07) is 4.96. The van der Waals surface area contributed by atoms with Gasteiger partial charge in [0.05, 0.1) is 0 Å². The third-order valence-electron chi connectivity index (χ3n) is 5.52. The molecule has 2 amide bonds. The number of carbonyl (C=O) groups is 2. The van der Waals surface area contributed by atoms with Gasteiger partial charge >= 0.3 is 0 Å². The number of benzene rings is 1. The number of aromatic hydroxyl groups is 1. The molecule has 0 atom stereocenters. The fraction of sp³-hybridized carbons (Fsp3) is 0.600. The Morgan fingerprint density at radius 1 is 1.04 bits per heavy atom. The number of hydrogen-bond donors (Lipinski definition) is 1. The molecule has 0 unspecified atom stereocenters. The largest absolute Gasteiger partial charge is 0.508 e. The van der Waals surface area contributed by atoms with Crippen LogP contribution in [0.5, 0.6) is 5.75 Å². The molecule has 0 bridgehead atoms. The third-order valence-corrected chi connectivity index (χ3v) is 5.52. The number of amides is 2. The average Bonchev–Trinajstić information content (AvgIpc) is 2.98. The lowest BCUT2D eigenvalue weighted by Crippen LogP contribution is -2.37. The van der Waals surface area contributed by atoms with E-state index in [1.54, 1.807) is 25.1 Å². The lowest BCUT2D eigenvalue weighted by molar-refractivity contribution is -0.132. The Morgan fingerprint density at radius 3 is 2.44 bits per heavy atom. The van der Waals surface area contributed by atoms with Crippen LogP contribution in [-0.4, -0.2) is 52.9 Å². The highest BCUT2D eigenvalue weighted by atomic mass is 16.3. The summed E-state index contributed by atoms with van der Waals surface area (Å²) in [5.74, 6) is 0.999. The van der Waals surface area contributed by atoms with Crippen molar-refractivity contribution < 1.29 is 14.7 Å². The van der Waals surface area contributed by atoms with Crippen LogP contribution in [0.15, 0.2) is 18.2 Å². The van der Waals surface area contributed by atoms with Gasteiger partial charge in [0.2, 0.25) is 5.91 Å². The minimum Gasteiger partial charge on any atom is -0.508 e. The van der Waals surface area contributed by atoms with Crippen molar-refractivity contribution in [3.05, 3.63) is 29.3 Å². The summed E-state index contributed by atoms with van der Waals surface area (Å²) in [5.41, 5.74) is 1.30. The van der Waals surface area contributed by atoms with Gasteiger partial charge in [0.15, 0.2) is 0 Å². The summed E-state index contributed by atoms with van der Waals surface area (Å²) in [6.07, 6.45) is 6.37. The van der Waals surface area contributed by atoms with Gasteiger partial charge < -0.3 is 14.9 Å².